The van der Waals surface area contributed by atoms with E-state index in [0.29, 0.717) is 0 Å². The maximum Gasteiger partial charge on any atom is 0.259 e. The van der Waals surface area contributed by atoms with Gasteiger partial charge in [-0.2, -0.15) is 0 Å². The van der Waals surface area contributed by atoms with Crippen LogP contribution in [0.2, 0.25) is 0 Å². The Morgan fingerprint density at radius 1 is 1.71 bits per heavy atom. The van der Waals surface area contributed by atoms with Crippen LogP contribution in [0.5, 0.6) is 0 Å². The van der Waals surface area contributed by atoms with Gasteiger partial charge < -0.3 is 10.3 Å². The first-order valence-electron chi connectivity index (χ1n) is 4.16. The number of sulfonamides is 1. The second kappa shape index (κ2) is 4.07. The zero-order valence-electron chi connectivity index (χ0n) is 8.14. The average molecular weight is 218 g/mol. The van der Waals surface area contributed by atoms with Gasteiger partial charge in [-0.05, 0) is 6.92 Å². The third-order valence-electron chi connectivity index (χ3n) is 1.67. The smallest absolute Gasteiger partial charge is 0.259 e. The molecule has 7 heteroatoms. The Bertz CT molecular complexity index is 398. The Morgan fingerprint density at radius 3 is 2.79 bits per heavy atom. The zero-order valence-corrected chi connectivity index (χ0v) is 8.95. The van der Waals surface area contributed by atoms with Gasteiger partial charge in [0.1, 0.15) is 0 Å². The number of nitrogens with two attached hydrogens (primary N) is 1. The molecule has 14 heavy (non-hydrogen) atoms. The summed E-state index contributed by atoms with van der Waals surface area (Å²) in [6.45, 7) is 1.95. The lowest BCUT2D eigenvalue weighted by Gasteiger charge is -2.09. The summed E-state index contributed by atoms with van der Waals surface area (Å²) in [6, 6.07) is -0.290. The Balaban J connectivity index is 2.86. The molecule has 0 saturated carbocycles. The predicted octanol–water partition coefficient (Wildman–Crippen LogP) is -0.954. The van der Waals surface area contributed by atoms with Gasteiger partial charge in [-0.3, -0.25) is 0 Å². The quantitative estimate of drug-likeness (QED) is 0.681. The van der Waals surface area contributed by atoms with Crippen molar-refractivity contribution >= 4 is 10.0 Å². The lowest BCUT2D eigenvalue weighted by molar-refractivity contribution is 0.559. The summed E-state index contributed by atoms with van der Waals surface area (Å²) in [7, 11) is -1.81. The van der Waals surface area contributed by atoms with Crippen LogP contribution in [0.25, 0.3) is 0 Å². The van der Waals surface area contributed by atoms with E-state index in [1.165, 1.54) is 12.5 Å². The van der Waals surface area contributed by atoms with Crippen LogP contribution in [0, 0.1) is 0 Å². The monoisotopic (exact) mass is 218 g/mol. The maximum atomic E-state index is 11.6. The summed E-state index contributed by atoms with van der Waals surface area (Å²) in [6.07, 6.45) is 2.87. The van der Waals surface area contributed by atoms with Crippen LogP contribution in [0.1, 0.15) is 6.92 Å². The lowest BCUT2D eigenvalue weighted by Crippen LogP contribution is -2.37. The molecule has 0 aliphatic heterocycles. The van der Waals surface area contributed by atoms with E-state index in [1.807, 2.05) is 0 Å². The first kappa shape index (κ1) is 11.2. The molecule has 0 aliphatic carbocycles. The molecule has 1 heterocycles. The van der Waals surface area contributed by atoms with Gasteiger partial charge in [-0.25, -0.2) is 18.1 Å². The minimum atomic E-state index is -3.51. The van der Waals surface area contributed by atoms with Crippen LogP contribution >= 0.6 is 0 Å². The molecule has 0 aromatic carbocycles. The second-order valence-corrected chi connectivity index (χ2v) is 4.80. The van der Waals surface area contributed by atoms with Gasteiger partial charge in [0.25, 0.3) is 10.0 Å². The first-order chi connectivity index (χ1) is 6.45. The van der Waals surface area contributed by atoms with E-state index in [-0.39, 0.29) is 17.6 Å². The Kier molecular flexibility index (Phi) is 3.25. The minimum Gasteiger partial charge on any atom is -0.339 e. The van der Waals surface area contributed by atoms with Crippen LogP contribution in [0.3, 0.4) is 0 Å². The van der Waals surface area contributed by atoms with E-state index in [4.69, 9.17) is 5.73 Å². The van der Waals surface area contributed by atoms with Crippen molar-refractivity contribution in [2.24, 2.45) is 12.8 Å². The van der Waals surface area contributed by atoms with Gasteiger partial charge in [0.2, 0.25) is 0 Å². The van der Waals surface area contributed by atoms with E-state index in [1.54, 1.807) is 18.5 Å². The highest BCUT2D eigenvalue weighted by Crippen LogP contribution is 2.04. The third kappa shape index (κ3) is 2.53. The average Bonchev–Trinajstić information content (AvgIpc) is 2.51. The molecule has 0 unspecified atom stereocenters. The van der Waals surface area contributed by atoms with Crippen molar-refractivity contribution in [3.8, 4) is 0 Å². The van der Waals surface area contributed by atoms with Crippen LogP contribution in [0.15, 0.2) is 17.6 Å². The van der Waals surface area contributed by atoms with Crippen molar-refractivity contribution < 1.29 is 8.42 Å². The van der Waals surface area contributed by atoms with Crippen molar-refractivity contribution in [3.05, 3.63) is 12.5 Å². The standard InChI is InChI=1S/C7H14N4O2S/c1-6(3-8)10-14(12,13)7-4-11(2)5-9-7/h4-6,10H,3,8H2,1-2H3/t6-/m0/s1. The maximum absolute atomic E-state index is 11.6. The van der Waals surface area contributed by atoms with E-state index in [0.717, 1.165) is 0 Å². The molecule has 0 radical (unpaired) electrons. The second-order valence-electron chi connectivity index (χ2n) is 3.14. The minimum absolute atomic E-state index is 0.0142. The molecule has 0 saturated heterocycles. The van der Waals surface area contributed by atoms with Crippen molar-refractivity contribution in [1.29, 1.82) is 0 Å². The molecule has 0 aliphatic rings. The largest absolute Gasteiger partial charge is 0.339 e. The summed E-state index contributed by atoms with van der Waals surface area (Å²) in [5, 5.41) is 0.0142. The topological polar surface area (TPSA) is 90.0 Å². The fraction of sp³-hybridized carbons (Fsp3) is 0.571. The number of imidazole rings is 1. The van der Waals surface area contributed by atoms with Crippen molar-refractivity contribution in [2.75, 3.05) is 6.54 Å². The SMILES string of the molecule is C[C@@H](CN)NS(=O)(=O)c1cn(C)cn1. The van der Waals surface area contributed by atoms with E-state index < -0.39 is 10.0 Å². The Hall–Kier alpha value is -0.920. The van der Waals surface area contributed by atoms with E-state index >= 15 is 0 Å². The summed E-state index contributed by atoms with van der Waals surface area (Å²) < 4.78 is 27.1. The number of hydrogen-bond acceptors (Lipinski definition) is 4. The Morgan fingerprint density at radius 2 is 2.36 bits per heavy atom. The first-order valence-corrected chi connectivity index (χ1v) is 5.64. The number of nitrogens with one attached hydrogen (secondary N) is 1. The van der Waals surface area contributed by atoms with Gasteiger partial charge >= 0.3 is 0 Å². The summed E-state index contributed by atoms with van der Waals surface area (Å²) in [5.74, 6) is 0. The number of hydrogen-bond donors (Lipinski definition) is 2. The molecule has 0 spiro atoms. The summed E-state index contributed by atoms with van der Waals surface area (Å²) in [5.41, 5.74) is 5.31. The molecule has 0 fully saturated rings. The molecule has 1 atom stereocenters. The summed E-state index contributed by atoms with van der Waals surface area (Å²) >= 11 is 0. The molecule has 6 nitrogen and oxygen atoms in total. The predicted molar refractivity (Wildman–Crippen MR) is 52.0 cm³/mol. The number of aryl methyl sites for hydroxylation is 1. The van der Waals surface area contributed by atoms with Gasteiger partial charge in [0.15, 0.2) is 5.03 Å². The molecule has 0 bridgehead atoms. The van der Waals surface area contributed by atoms with Crippen LogP contribution in [-0.4, -0.2) is 30.6 Å². The Labute approximate surface area is 83.2 Å². The van der Waals surface area contributed by atoms with E-state index in [9.17, 15) is 8.42 Å². The fourth-order valence-electron chi connectivity index (χ4n) is 0.901. The normalized spacial score (nSPS) is 14.2. The third-order valence-corrected chi connectivity index (χ3v) is 3.14. The van der Waals surface area contributed by atoms with Crippen LogP contribution in [0.4, 0.5) is 0 Å². The number of nitrogens with zero attached hydrogens (tertiary/aromatic N) is 2. The molecular weight excluding hydrogens is 204 g/mol. The van der Waals surface area contributed by atoms with Crippen molar-refractivity contribution in [1.82, 2.24) is 14.3 Å². The van der Waals surface area contributed by atoms with Gasteiger partial charge in [-0.15, -0.1) is 0 Å². The van der Waals surface area contributed by atoms with E-state index in [2.05, 4.69) is 9.71 Å². The number of aromatic nitrogens is 2. The molecular formula is C7H14N4O2S. The fourth-order valence-corrected chi connectivity index (χ4v) is 2.14. The van der Waals surface area contributed by atoms with Crippen LogP contribution < -0.4 is 10.5 Å². The van der Waals surface area contributed by atoms with Crippen molar-refractivity contribution in [2.45, 2.75) is 18.0 Å². The molecule has 0 amide bonds. The van der Waals surface area contributed by atoms with Gasteiger partial charge in [-0.1, -0.05) is 0 Å². The lowest BCUT2D eigenvalue weighted by atomic mass is 10.4. The zero-order chi connectivity index (χ0) is 10.8. The molecule has 1 aromatic heterocycles. The van der Waals surface area contributed by atoms with Crippen molar-refractivity contribution in [3.63, 3.8) is 0 Å². The molecule has 80 valence electrons. The van der Waals surface area contributed by atoms with Gasteiger partial charge in [0.05, 0.1) is 6.33 Å². The van der Waals surface area contributed by atoms with Gasteiger partial charge in [0, 0.05) is 25.8 Å². The highest BCUT2D eigenvalue weighted by atomic mass is 32.2. The molecule has 1 rings (SSSR count). The van der Waals surface area contributed by atoms with Crippen LogP contribution in [-0.2, 0) is 17.1 Å². The summed E-state index contributed by atoms with van der Waals surface area (Å²) in [4.78, 5) is 3.75. The molecule has 3 N–H and O–H groups in total. The molecule has 1 aromatic rings. The highest BCUT2D eigenvalue weighted by Gasteiger charge is 2.18. The number of rotatable bonds is 4. The highest BCUT2D eigenvalue weighted by molar-refractivity contribution is 7.89.